The summed E-state index contributed by atoms with van der Waals surface area (Å²) in [5.74, 6) is -0.0426. The van der Waals surface area contributed by atoms with Crippen LogP contribution in [0.25, 0.3) is 0 Å². The van der Waals surface area contributed by atoms with Crippen molar-refractivity contribution in [3.63, 3.8) is 0 Å². The number of nitrogens with one attached hydrogen (secondary N) is 1. The van der Waals surface area contributed by atoms with Gasteiger partial charge >= 0.3 is 0 Å². The zero-order chi connectivity index (χ0) is 13.1. The fraction of sp³-hybridized carbons (Fsp3) is 0.929. The molecule has 0 aromatic rings. The summed E-state index contributed by atoms with van der Waals surface area (Å²) >= 11 is 0. The van der Waals surface area contributed by atoms with Gasteiger partial charge < -0.3 is 11.1 Å². The minimum atomic E-state index is -0.115. The maximum absolute atomic E-state index is 11.4. The van der Waals surface area contributed by atoms with Crippen molar-refractivity contribution in [2.24, 2.45) is 11.7 Å². The summed E-state index contributed by atoms with van der Waals surface area (Å²) in [7, 11) is 2.05. The molecule has 3 N–H and O–H groups in total. The van der Waals surface area contributed by atoms with Gasteiger partial charge in [0.15, 0.2) is 0 Å². The molecule has 0 radical (unpaired) electrons. The van der Waals surface area contributed by atoms with Gasteiger partial charge in [0.05, 0.1) is 5.92 Å². The molecule has 2 fully saturated rings. The van der Waals surface area contributed by atoms with Crippen molar-refractivity contribution in [2.45, 2.75) is 63.6 Å². The maximum atomic E-state index is 11.4. The van der Waals surface area contributed by atoms with Crippen LogP contribution < -0.4 is 11.1 Å². The molecule has 1 aliphatic carbocycles. The number of likely N-dealkylation sites (tertiary alicyclic amines) is 1. The zero-order valence-corrected chi connectivity index (χ0v) is 11.7. The van der Waals surface area contributed by atoms with E-state index in [1.165, 1.54) is 25.7 Å². The molecule has 1 amide bonds. The number of hydrogen-bond acceptors (Lipinski definition) is 3. The molecule has 1 saturated carbocycles. The van der Waals surface area contributed by atoms with E-state index >= 15 is 0 Å². The van der Waals surface area contributed by atoms with E-state index in [0.717, 1.165) is 19.4 Å². The summed E-state index contributed by atoms with van der Waals surface area (Å²) in [5, 5.41) is 3.37. The summed E-state index contributed by atoms with van der Waals surface area (Å²) in [6, 6.07) is 1.96. The van der Waals surface area contributed by atoms with Crippen molar-refractivity contribution in [1.82, 2.24) is 10.2 Å². The van der Waals surface area contributed by atoms with Crippen LogP contribution in [0.2, 0.25) is 0 Å². The van der Waals surface area contributed by atoms with Gasteiger partial charge in [-0.05, 0) is 52.5 Å². The Balaban J connectivity index is 1.92. The van der Waals surface area contributed by atoms with Crippen molar-refractivity contribution < 1.29 is 4.79 Å². The van der Waals surface area contributed by atoms with E-state index in [9.17, 15) is 4.79 Å². The molecular formula is C14H27N3O. The van der Waals surface area contributed by atoms with Gasteiger partial charge in [0.1, 0.15) is 0 Å². The molecule has 2 rings (SSSR count). The third-order valence-corrected chi connectivity index (χ3v) is 4.91. The van der Waals surface area contributed by atoms with E-state index < -0.39 is 0 Å². The number of carbonyl (C=O) groups excluding carboxylic acids is 1. The van der Waals surface area contributed by atoms with Gasteiger partial charge in [0, 0.05) is 24.7 Å². The molecule has 0 spiro atoms. The highest BCUT2D eigenvalue weighted by Crippen LogP contribution is 2.30. The fourth-order valence-electron chi connectivity index (χ4n) is 3.57. The van der Waals surface area contributed by atoms with E-state index in [-0.39, 0.29) is 11.8 Å². The highest BCUT2D eigenvalue weighted by atomic mass is 16.1. The van der Waals surface area contributed by atoms with Gasteiger partial charge in [0.2, 0.25) is 5.91 Å². The SMILES string of the molecule is CNC1CCC(N2CC(C(N)=O)CCC2C)CC1. The molecule has 1 heterocycles. The van der Waals surface area contributed by atoms with Crippen molar-refractivity contribution in [2.75, 3.05) is 13.6 Å². The Labute approximate surface area is 110 Å². The molecule has 2 unspecified atom stereocenters. The number of amides is 1. The topological polar surface area (TPSA) is 58.4 Å². The lowest BCUT2D eigenvalue weighted by Crippen LogP contribution is -2.52. The van der Waals surface area contributed by atoms with Crippen LogP contribution in [0.15, 0.2) is 0 Å². The first-order valence-electron chi connectivity index (χ1n) is 7.34. The summed E-state index contributed by atoms with van der Waals surface area (Å²) in [4.78, 5) is 13.9. The summed E-state index contributed by atoms with van der Waals surface area (Å²) in [6.07, 6.45) is 7.10. The normalized spacial score (nSPS) is 38.6. The predicted molar refractivity (Wildman–Crippen MR) is 73.2 cm³/mol. The average Bonchev–Trinajstić information content (AvgIpc) is 2.39. The molecular weight excluding hydrogens is 226 g/mol. The van der Waals surface area contributed by atoms with Crippen LogP contribution in [0, 0.1) is 5.92 Å². The number of carbonyl (C=O) groups is 1. The number of piperidine rings is 1. The van der Waals surface area contributed by atoms with E-state index in [4.69, 9.17) is 5.73 Å². The number of nitrogens with zero attached hydrogens (tertiary/aromatic N) is 1. The first kappa shape index (κ1) is 13.8. The highest BCUT2D eigenvalue weighted by molar-refractivity contribution is 5.77. The second kappa shape index (κ2) is 6.02. The van der Waals surface area contributed by atoms with Crippen LogP contribution in [0.5, 0.6) is 0 Å². The lowest BCUT2D eigenvalue weighted by Gasteiger charge is -2.44. The first-order valence-corrected chi connectivity index (χ1v) is 7.34. The van der Waals surface area contributed by atoms with Gasteiger partial charge in [0.25, 0.3) is 0 Å². The predicted octanol–water partition coefficient (Wildman–Crippen LogP) is 1.10. The first-order chi connectivity index (χ1) is 8.61. The molecule has 4 nitrogen and oxygen atoms in total. The summed E-state index contributed by atoms with van der Waals surface area (Å²) in [5.41, 5.74) is 5.47. The standard InChI is InChI=1S/C14H27N3O/c1-10-3-4-11(14(15)18)9-17(10)13-7-5-12(16-2)6-8-13/h10-13,16H,3-9H2,1-2H3,(H2,15,18). The van der Waals surface area contributed by atoms with Crippen LogP contribution in [0.3, 0.4) is 0 Å². The smallest absolute Gasteiger partial charge is 0.221 e. The fourth-order valence-corrected chi connectivity index (χ4v) is 3.57. The maximum Gasteiger partial charge on any atom is 0.221 e. The quantitative estimate of drug-likeness (QED) is 0.792. The second-order valence-corrected chi connectivity index (χ2v) is 6.02. The molecule has 0 bridgehead atoms. The lowest BCUT2D eigenvalue weighted by molar-refractivity contribution is -0.124. The monoisotopic (exact) mass is 253 g/mol. The van der Waals surface area contributed by atoms with Gasteiger partial charge in [-0.15, -0.1) is 0 Å². The second-order valence-electron chi connectivity index (χ2n) is 6.02. The minimum Gasteiger partial charge on any atom is -0.369 e. The Morgan fingerprint density at radius 1 is 1.17 bits per heavy atom. The molecule has 1 saturated heterocycles. The van der Waals surface area contributed by atoms with Crippen LogP contribution in [-0.2, 0) is 4.79 Å². The molecule has 4 heteroatoms. The number of rotatable bonds is 3. The number of nitrogens with two attached hydrogens (primary N) is 1. The van der Waals surface area contributed by atoms with Gasteiger partial charge in [-0.2, -0.15) is 0 Å². The summed E-state index contributed by atoms with van der Waals surface area (Å²) < 4.78 is 0. The Hall–Kier alpha value is -0.610. The van der Waals surface area contributed by atoms with E-state index in [1.54, 1.807) is 0 Å². The largest absolute Gasteiger partial charge is 0.369 e. The Morgan fingerprint density at radius 2 is 1.83 bits per heavy atom. The average molecular weight is 253 g/mol. The van der Waals surface area contributed by atoms with Gasteiger partial charge in [-0.1, -0.05) is 0 Å². The molecule has 0 aromatic heterocycles. The third-order valence-electron chi connectivity index (χ3n) is 4.91. The van der Waals surface area contributed by atoms with Crippen LogP contribution in [0.1, 0.15) is 45.4 Å². The Bertz CT molecular complexity index is 287. The van der Waals surface area contributed by atoms with Crippen molar-refractivity contribution in [3.05, 3.63) is 0 Å². The highest BCUT2D eigenvalue weighted by Gasteiger charge is 2.34. The molecule has 18 heavy (non-hydrogen) atoms. The van der Waals surface area contributed by atoms with E-state index in [0.29, 0.717) is 18.1 Å². The van der Waals surface area contributed by atoms with Crippen LogP contribution >= 0.6 is 0 Å². The molecule has 2 atom stereocenters. The molecule has 2 aliphatic rings. The van der Waals surface area contributed by atoms with Gasteiger partial charge in [-0.25, -0.2) is 0 Å². The Morgan fingerprint density at radius 3 is 2.39 bits per heavy atom. The zero-order valence-electron chi connectivity index (χ0n) is 11.7. The number of hydrogen-bond donors (Lipinski definition) is 2. The van der Waals surface area contributed by atoms with E-state index in [1.807, 2.05) is 0 Å². The van der Waals surface area contributed by atoms with Crippen molar-refractivity contribution in [1.29, 1.82) is 0 Å². The van der Waals surface area contributed by atoms with Crippen LogP contribution in [0.4, 0.5) is 0 Å². The van der Waals surface area contributed by atoms with Crippen molar-refractivity contribution in [3.8, 4) is 0 Å². The van der Waals surface area contributed by atoms with Gasteiger partial charge in [-0.3, -0.25) is 9.69 Å². The lowest BCUT2D eigenvalue weighted by atomic mass is 9.85. The van der Waals surface area contributed by atoms with Crippen molar-refractivity contribution >= 4 is 5.91 Å². The molecule has 0 aromatic carbocycles. The number of primary amides is 1. The molecule has 104 valence electrons. The van der Waals surface area contributed by atoms with E-state index in [2.05, 4.69) is 24.2 Å². The summed E-state index contributed by atoms with van der Waals surface area (Å²) in [6.45, 7) is 3.17. The third kappa shape index (κ3) is 3.04. The molecule has 1 aliphatic heterocycles. The Kier molecular flexibility index (Phi) is 4.62. The van der Waals surface area contributed by atoms with Crippen LogP contribution in [-0.4, -0.2) is 42.5 Å². The minimum absolute atomic E-state index is 0.0724.